The fourth-order valence-electron chi connectivity index (χ4n) is 2.49. The van der Waals surface area contributed by atoms with Crippen LogP contribution in [0.15, 0.2) is 70.4 Å². The van der Waals surface area contributed by atoms with E-state index in [-0.39, 0.29) is 5.82 Å². The lowest BCUT2D eigenvalue weighted by Crippen LogP contribution is -2.38. The van der Waals surface area contributed by atoms with Gasteiger partial charge in [0.15, 0.2) is 5.96 Å². The number of nitrogens with one attached hydrogen (secondary N) is 2. The Labute approximate surface area is 163 Å². The minimum Gasteiger partial charge on any atom is -0.469 e. The van der Waals surface area contributed by atoms with Crippen LogP contribution in [-0.4, -0.2) is 24.0 Å². The van der Waals surface area contributed by atoms with Crippen LogP contribution in [0.3, 0.4) is 0 Å². The first-order chi connectivity index (χ1) is 13.7. The fourth-order valence-corrected chi connectivity index (χ4v) is 2.49. The molecule has 0 atom stereocenters. The number of ether oxygens (including phenoxy) is 1. The number of furan rings is 1. The summed E-state index contributed by atoms with van der Waals surface area (Å²) in [7, 11) is 0. The molecule has 0 saturated heterocycles. The van der Waals surface area contributed by atoms with Crippen LogP contribution >= 0.6 is 0 Å². The molecule has 3 aromatic rings. The van der Waals surface area contributed by atoms with E-state index in [0.717, 1.165) is 36.8 Å². The van der Waals surface area contributed by atoms with Crippen molar-refractivity contribution in [3.8, 4) is 11.6 Å². The van der Waals surface area contributed by atoms with Gasteiger partial charge in [-0.3, -0.25) is 0 Å². The van der Waals surface area contributed by atoms with Gasteiger partial charge in [0.2, 0.25) is 5.88 Å². The Morgan fingerprint density at radius 2 is 2.11 bits per heavy atom. The van der Waals surface area contributed by atoms with Gasteiger partial charge in [0.05, 0.1) is 12.8 Å². The van der Waals surface area contributed by atoms with Crippen molar-refractivity contribution >= 4 is 5.96 Å². The second-order valence-corrected chi connectivity index (χ2v) is 6.02. The van der Waals surface area contributed by atoms with Gasteiger partial charge >= 0.3 is 0 Å². The molecule has 0 radical (unpaired) electrons. The van der Waals surface area contributed by atoms with Gasteiger partial charge in [0.25, 0.3) is 0 Å². The van der Waals surface area contributed by atoms with Gasteiger partial charge in [-0.2, -0.15) is 0 Å². The first-order valence-electron chi connectivity index (χ1n) is 9.16. The molecule has 2 N–H and O–H groups in total. The predicted molar refractivity (Wildman–Crippen MR) is 106 cm³/mol. The van der Waals surface area contributed by atoms with Gasteiger partial charge < -0.3 is 19.8 Å². The molecule has 0 spiro atoms. The number of nitrogens with zero attached hydrogens (tertiary/aromatic N) is 2. The lowest BCUT2D eigenvalue weighted by molar-refractivity contribution is 0.457. The van der Waals surface area contributed by atoms with Crippen LogP contribution in [0.5, 0.6) is 11.6 Å². The molecule has 0 unspecified atom stereocenters. The minimum atomic E-state index is -0.348. The molecule has 6 nitrogen and oxygen atoms in total. The van der Waals surface area contributed by atoms with Crippen molar-refractivity contribution in [2.24, 2.45) is 4.99 Å². The lowest BCUT2D eigenvalue weighted by Gasteiger charge is -2.10. The molecule has 28 heavy (non-hydrogen) atoms. The number of hydrogen-bond donors (Lipinski definition) is 2. The molecule has 2 aromatic heterocycles. The molecule has 0 aliphatic rings. The van der Waals surface area contributed by atoms with Crippen LogP contribution in [0.4, 0.5) is 4.39 Å². The molecule has 1 aromatic carbocycles. The molecule has 0 aliphatic heterocycles. The van der Waals surface area contributed by atoms with Gasteiger partial charge in [0, 0.05) is 37.8 Å². The van der Waals surface area contributed by atoms with Crippen molar-refractivity contribution in [1.82, 2.24) is 15.6 Å². The van der Waals surface area contributed by atoms with E-state index in [4.69, 9.17) is 9.15 Å². The van der Waals surface area contributed by atoms with Crippen LogP contribution in [-0.2, 0) is 13.0 Å². The third-order valence-corrected chi connectivity index (χ3v) is 3.82. The highest BCUT2D eigenvalue weighted by molar-refractivity contribution is 5.79. The maximum atomic E-state index is 13.2. The summed E-state index contributed by atoms with van der Waals surface area (Å²) in [6.45, 7) is 3.98. The van der Waals surface area contributed by atoms with Gasteiger partial charge in [-0.25, -0.2) is 14.4 Å². The maximum Gasteiger partial charge on any atom is 0.219 e. The molecular weight excluding hydrogens is 359 g/mol. The highest BCUT2D eigenvalue weighted by Crippen LogP contribution is 2.20. The summed E-state index contributed by atoms with van der Waals surface area (Å²) in [6.07, 6.45) is 4.15. The fraction of sp³-hybridized carbons (Fsp3) is 0.238. The Morgan fingerprint density at radius 1 is 1.18 bits per heavy atom. The quantitative estimate of drug-likeness (QED) is 0.457. The first kappa shape index (κ1) is 19.4. The molecule has 0 amide bonds. The van der Waals surface area contributed by atoms with Gasteiger partial charge in [-0.1, -0.05) is 12.1 Å². The van der Waals surface area contributed by atoms with Crippen LogP contribution in [0, 0.1) is 5.82 Å². The zero-order chi connectivity index (χ0) is 19.6. The Balaban J connectivity index is 1.53. The number of rotatable bonds is 8. The number of halogens is 1. The monoisotopic (exact) mass is 382 g/mol. The van der Waals surface area contributed by atoms with Crippen molar-refractivity contribution < 1.29 is 13.5 Å². The van der Waals surface area contributed by atoms with Crippen molar-refractivity contribution in [2.45, 2.75) is 19.9 Å². The zero-order valence-corrected chi connectivity index (χ0v) is 15.7. The summed E-state index contributed by atoms with van der Waals surface area (Å²) in [5.41, 5.74) is 0.940. The summed E-state index contributed by atoms with van der Waals surface area (Å²) >= 11 is 0. The Morgan fingerprint density at radius 3 is 2.82 bits per heavy atom. The van der Waals surface area contributed by atoms with E-state index in [9.17, 15) is 4.39 Å². The number of aliphatic imine (C=N–C) groups is 1. The zero-order valence-electron chi connectivity index (χ0n) is 15.7. The Kier molecular flexibility index (Phi) is 7.01. The molecular formula is C21H23FN4O2. The maximum absolute atomic E-state index is 13.2. The van der Waals surface area contributed by atoms with Crippen molar-refractivity contribution in [3.05, 3.63) is 78.1 Å². The molecule has 2 heterocycles. The second-order valence-electron chi connectivity index (χ2n) is 6.02. The molecule has 3 rings (SSSR count). The summed E-state index contributed by atoms with van der Waals surface area (Å²) in [4.78, 5) is 8.82. The number of benzene rings is 1. The molecule has 0 saturated carbocycles. The highest BCUT2D eigenvalue weighted by Gasteiger charge is 2.02. The van der Waals surface area contributed by atoms with E-state index in [1.807, 2.05) is 25.1 Å². The third-order valence-electron chi connectivity index (χ3n) is 3.82. The van der Waals surface area contributed by atoms with E-state index in [1.165, 1.54) is 12.1 Å². The summed E-state index contributed by atoms with van der Waals surface area (Å²) in [6, 6.07) is 13.4. The largest absolute Gasteiger partial charge is 0.469 e. The number of hydrogen-bond acceptors (Lipinski definition) is 4. The van der Waals surface area contributed by atoms with Crippen LogP contribution in [0.2, 0.25) is 0 Å². The van der Waals surface area contributed by atoms with Crippen LogP contribution in [0.1, 0.15) is 18.2 Å². The number of pyridine rings is 1. The van der Waals surface area contributed by atoms with E-state index < -0.39 is 0 Å². The summed E-state index contributed by atoms with van der Waals surface area (Å²) < 4.78 is 24.1. The van der Waals surface area contributed by atoms with E-state index in [0.29, 0.717) is 18.2 Å². The third kappa shape index (κ3) is 6.12. The Bertz CT molecular complexity index is 880. The lowest BCUT2D eigenvalue weighted by atomic mass is 10.3. The normalized spacial score (nSPS) is 11.3. The number of aromatic nitrogens is 1. The molecule has 146 valence electrons. The average Bonchev–Trinajstić information content (AvgIpc) is 3.21. The predicted octanol–water partition coefficient (Wildman–Crippen LogP) is 3.90. The molecule has 7 heteroatoms. The Hall–Kier alpha value is -3.35. The molecule has 0 fully saturated rings. The second kappa shape index (κ2) is 10.1. The summed E-state index contributed by atoms with van der Waals surface area (Å²) in [5.74, 6) is 2.13. The van der Waals surface area contributed by atoms with Crippen molar-refractivity contribution in [1.29, 1.82) is 0 Å². The van der Waals surface area contributed by atoms with Gasteiger partial charge in [-0.05, 0) is 36.8 Å². The SMILES string of the molecule is CCNC(=NCc1ccc(Oc2cccc(F)c2)nc1)NCCc1ccco1. The standard InChI is InChI=1S/C21H23FN4O2/c1-2-23-21(24-11-10-18-7-4-12-27-18)26-15-16-8-9-20(25-14-16)28-19-6-3-5-17(22)13-19/h3-9,12-14H,2,10-11,15H2,1H3,(H2,23,24,26). The van der Waals surface area contributed by atoms with Gasteiger partial charge in [0.1, 0.15) is 17.3 Å². The van der Waals surface area contributed by atoms with Gasteiger partial charge in [-0.15, -0.1) is 0 Å². The summed E-state index contributed by atoms with van der Waals surface area (Å²) in [5, 5.41) is 6.49. The smallest absolute Gasteiger partial charge is 0.219 e. The van der Waals surface area contributed by atoms with Crippen molar-refractivity contribution in [2.75, 3.05) is 13.1 Å². The molecule has 0 bridgehead atoms. The average molecular weight is 382 g/mol. The first-order valence-corrected chi connectivity index (χ1v) is 9.16. The van der Waals surface area contributed by atoms with E-state index in [2.05, 4.69) is 20.6 Å². The molecule has 0 aliphatic carbocycles. The van der Waals surface area contributed by atoms with Crippen LogP contribution in [0.25, 0.3) is 0 Å². The highest BCUT2D eigenvalue weighted by atomic mass is 19.1. The number of guanidine groups is 1. The minimum absolute atomic E-state index is 0.348. The van der Waals surface area contributed by atoms with E-state index in [1.54, 1.807) is 30.7 Å². The van der Waals surface area contributed by atoms with Crippen molar-refractivity contribution in [3.63, 3.8) is 0 Å². The topological polar surface area (TPSA) is 71.7 Å². The van der Waals surface area contributed by atoms with E-state index >= 15 is 0 Å². The van der Waals surface area contributed by atoms with Crippen LogP contribution < -0.4 is 15.4 Å².